The van der Waals surface area contributed by atoms with Crippen molar-refractivity contribution in [3.8, 4) is 0 Å². The number of ether oxygens (including phenoxy) is 2. The van der Waals surface area contributed by atoms with E-state index in [0.29, 0.717) is 24.6 Å². The molecule has 2 aliphatic rings. The van der Waals surface area contributed by atoms with Gasteiger partial charge in [-0.25, -0.2) is 0 Å². The van der Waals surface area contributed by atoms with Crippen molar-refractivity contribution >= 4 is 5.91 Å². The van der Waals surface area contributed by atoms with Crippen molar-refractivity contribution in [2.45, 2.75) is 31.9 Å². The molecule has 0 aromatic carbocycles. The second kappa shape index (κ2) is 7.97. The number of hydrogen-bond acceptors (Lipinski definition) is 5. The first-order valence-electron chi connectivity index (χ1n) is 9.23. The number of pyridine rings is 1. The molecule has 4 rings (SSSR count). The highest BCUT2D eigenvalue weighted by Crippen LogP contribution is 2.26. The van der Waals surface area contributed by atoms with E-state index in [4.69, 9.17) is 14.6 Å². The van der Waals surface area contributed by atoms with Crippen molar-refractivity contribution in [1.29, 1.82) is 0 Å². The summed E-state index contributed by atoms with van der Waals surface area (Å²) in [5, 5.41) is 7.69. The number of carbonyl (C=O) groups is 1. The second-order valence-electron chi connectivity index (χ2n) is 6.88. The normalized spacial score (nSPS) is 20.5. The van der Waals surface area contributed by atoms with Crippen LogP contribution in [0.15, 0.2) is 30.7 Å². The lowest BCUT2D eigenvalue weighted by Gasteiger charge is -2.22. The molecule has 7 nitrogen and oxygen atoms in total. The van der Waals surface area contributed by atoms with Crippen LogP contribution in [-0.2, 0) is 22.4 Å². The SMILES string of the molecule is O=C(NCC1OCCc2cn(CC3CCOCC3)nc21)c1cccnc1. The molecule has 2 aromatic heterocycles. The van der Waals surface area contributed by atoms with E-state index < -0.39 is 0 Å². The summed E-state index contributed by atoms with van der Waals surface area (Å²) in [6.45, 7) is 3.68. The third-order valence-electron chi connectivity index (χ3n) is 5.02. The largest absolute Gasteiger partial charge is 0.381 e. The summed E-state index contributed by atoms with van der Waals surface area (Å²) in [6.07, 6.45) is 8.20. The summed E-state index contributed by atoms with van der Waals surface area (Å²) in [7, 11) is 0. The summed E-state index contributed by atoms with van der Waals surface area (Å²) in [5.74, 6) is 0.477. The molecule has 0 radical (unpaired) electrons. The number of amides is 1. The second-order valence-corrected chi connectivity index (χ2v) is 6.88. The van der Waals surface area contributed by atoms with Crippen LogP contribution in [0.1, 0.15) is 40.6 Å². The Morgan fingerprint density at radius 3 is 3.00 bits per heavy atom. The van der Waals surface area contributed by atoms with Crippen molar-refractivity contribution in [3.05, 3.63) is 47.5 Å². The number of rotatable bonds is 5. The molecule has 26 heavy (non-hydrogen) atoms. The number of hydrogen-bond donors (Lipinski definition) is 1. The topological polar surface area (TPSA) is 78.3 Å². The maximum Gasteiger partial charge on any atom is 0.252 e. The van der Waals surface area contributed by atoms with Crippen LogP contribution in [0.3, 0.4) is 0 Å². The van der Waals surface area contributed by atoms with E-state index in [-0.39, 0.29) is 12.0 Å². The zero-order valence-electron chi connectivity index (χ0n) is 14.8. The van der Waals surface area contributed by atoms with Gasteiger partial charge in [0, 0.05) is 44.9 Å². The molecule has 7 heteroatoms. The zero-order valence-corrected chi connectivity index (χ0v) is 14.8. The predicted molar refractivity (Wildman–Crippen MR) is 94.7 cm³/mol. The minimum absolute atomic E-state index is 0.143. The highest BCUT2D eigenvalue weighted by atomic mass is 16.5. The fourth-order valence-corrected chi connectivity index (χ4v) is 3.56. The lowest BCUT2D eigenvalue weighted by molar-refractivity contribution is 0.0379. The first kappa shape index (κ1) is 17.2. The molecular weight excluding hydrogens is 332 g/mol. The highest BCUT2D eigenvalue weighted by molar-refractivity contribution is 5.93. The maximum absolute atomic E-state index is 12.2. The van der Waals surface area contributed by atoms with Gasteiger partial charge in [0.2, 0.25) is 0 Å². The van der Waals surface area contributed by atoms with Crippen molar-refractivity contribution in [2.24, 2.45) is 5.92 Å². The van der Waals surface area contributed by atoms with Crippen LogP contribution in [0.5, 0.6) is 0 Å². The highest BCUT2D eigenvalue weighted by Gasteiger charge is 2.26. The standard InChI is InChI=1S/C19H24N4O3/c24-19(15-2-1-6-20-10-15)21-11-17-18-16(5-9-26-17)13-23(22-18)12-14-3-7-25-8-4-14/h1-2,6,10,13-14,17H,3-5,7-9,11-12H2,(H,21,24). The van der Waals surface area contributed by atoms with E-state index in [0.717, 1.165) is 44.7 Å². The van der Waals surface area contributed by atoms with Gasteiger partial charge < -0.3 is 14.8 Å². The summed E-state index contributed by atoms with van der Waals surface area (Å²) in [4.78, 5) is 16.2. The van der Waals surface area contributed by atoms with Gasteiger partial charge in [-0.05, 0) is 42.9 Å². The Bertz CT molecular complexity index is 740. The number of aromatic nitrogens is 3. The molecule has 4 heterocycles. The molecule has 0 aliphatic carbocycles. The third-order valence-corrected chi connectivity index (χ3v) is 5.02. The van der Waals surface area contributed by atoms with Gasteiger partial charge in [-0.2, -0.15) is 5.10 Å². The van der Waals surface area contributed by atoms with Gasteiger partial charge in [-0.15, -0.1) is 0 Å². The molecule has 1 unspecified atom stereocenters. The van der Waals surface area contributed by atoms with Gasteiger partial charge >= 0.3 is 0 Å². The van der Waals surface area contributed by atoms with Crippen molar-refractivity contribution in [1.82, 2.24) is 20.1 Å². The Kier molecular flexibility index (Phi) is 5.26. The Balaban J connectivity index is 1.39. The molecule has 1 fully saturated rings. The van der Waals surface area contributed by atoms with Crippen LogP contribution in [0, 0.1) is 5.92 Å². The average molecular weight is 356 g/mol. The van der Waals surface area contributed by atoms with E-state index >= 15 is 0 Å². The molecule has 2 aromatic rings. The molecule has 1 N–H and O–H groups in total. The molecule has 0 bridgehead atoms. The molecule has 0 saturated carbocycles. The van der Waals surface area contributed by atoms with Crippen LogP contribution >= 0.6 is 0 Å². The molecule has 1 atom stereocenters. The Morgan fingerprint density at radius 1 is 1.31 bits per heavy atom. The summed E-state index contributed by atoms with van der Waals surface area (Å²) in [6, 6.07) is 3.50. The fraction of sp³-hybridized carbons (Fsp3) is 0.526. The monoisotopic (exact) mass is 356 g/mol. The van der Waals surface area contributed by atoms with E-state index in [1.807, 2.05) is 4.68 Å². The van der Waals surface area contributed by atoms with E-state index in [2.05, 4.69) is 16.5 Å². The summed E-state index contributed by atoms with van der Waals surface area (Å²) < 4.78 is 13.3. The number of fused-ring (bicyclic) bond motifs is 1. The third kappa shape index (κ3) is 3.94. The minimum atomic E-state index is -0.199. The molecular formula is C19H24N4O3. The molecule has 1 saturated heterocycles. The molecule has 138 valence electrons. The van der Waals surface area contributed by atoms with Crippen molar-refractivity contribution in [2.75, 3.05) is 26.4 Å². The Hall–Kier alpha value is -2.25. The molecule has 0 spiro atoms. The summed E-state index contributed by atoms with van der Waals surface area (Å²) >= 11 is 0. The number of carbonyl (C=O) groups excluding carboxylic acids is 1. The van der Waals surface area contributed by atoms with Crippen LogP contribution in [-0.4, -0.2) is 47.0 Å². The van der Waals surface area contributed by atoms with E-state index in [1.165, 1.54) is 5.56 Å². The number of nitrogens with one attached hydrogen (secondary N) is 1. The lowest BCUT2D eigenvalue weighted by atomic mass is 10.0. The van der Waals surface area contributed by atoms with Gasteiger partial charge in [-0.3, -0.25) is 14.5 Å². The average Bonchev–Trinajstić information content (AvgIpc) is 3.10. The van der Waals surface area contributed by atoms with Gasteiger partial charge in [0.1, 0.15) is 6.10 Å². The van der Waals surface area contributed by atoms with Gasteiger partial charge in [0.15, 0.2) is 0 Å². The minimum Gasteiger partial charge on any atom is -0.381 e. The van der Waals surface area contributed by atoms with Crippen LogP contribution in [0.4, 0.5) is 0 Å². The quantitative estimate of drug-likeness (QED) is 0.883. The first-order chi connectivity index (χ1) is 12.8. The number of nitrogens with zero attached hydrogens (tertiary/aromatic N) is 3. The Labute approximate surface area is 152 Å². The van der Waals surface area contributed by atoms with Crippen LogP contribution in [0.2, 0.25) is 0 Å². The maximum atomic E-state index is 12.2. The van der Waals surface area contributed by atoms with Gasteiger partial charge in [-0.1, -0.05) is 0 Å². The zero-order chi connectivity index (χ0) is 17.8. The fourth-order valence-electron chi connectivity index (χ4n) is 3.56. The smallest absolute Gasteiger partial charge is 0.252 e. The lowest BCUT2D eigenvalue weighted by Crippen LogP contribution is -2.32. The van der Waals surface area contributed by atoms with Crippen molar-refractivity contribution in [3.63, 3.8) is 0 Å². The van der Waals surface area contributed by atoms with Gasteiger partial charge in [0.05, 0.1) is 17.9 Å². The van der Waals surface area contributed by atoms with Crippen LogP contribution in [0.25, 0.3) is 0 Å². The van der Waals surface area contributed by atoms with Crippen molar-refractivity contribution < 1.29 is 14.3 Å². The molecule has 2 aliphatic heterocycles. The first-order valence-corrected chi connectivity index (χ1v) is 9.23. The van der Waals surface area contributed by atoms with Crippen LogP contribution < -0.4 is 5.32 Å². The predicted octanol–water partition coefficient (Wildman–Crippen LogP) is 1.75. The summed E-state index contributed by atoms with van der Waals surface area (Å²) in [5.41, 5.74) is 2.73. The molecule has 1 amide bonds. The van der Waals surface area contributed by atoms with E-state index in [9.17, 15) is 4.79 Å². The van der Waals surface area contributed by atoms with Gasteiger partial charge in [0.25, 0.3) is 5.91 Å². The Morgan fingerprint density at radius 2 is 2.19 bits per heavy atom. The van der Waals surface area contributed by atoms with E-state index in [1.54, 1.807) is 24.5 Å².